The highest BCUT2D eigenvalue weighted by Gasteiger charge is 2.42. The first kappa shape index (κ1) is 17.5. The number of hydrogen-bond acceptors (Lipinski definition) is 6. The highest BCUT2D eigenvalue weighted by molar-refractivity contribution is 5.78. The molecule has 1 aliphatic heterocycles. The molecule has 1 saturated heterocycles. The Hall–Kier alpha value is -2.36. The minimum atomic E-state index is -5.09. The van der Waals surface area contributed by atoms with Gasteiger partial charge in [0.2, 0.25) is 11.8 Å². The summed E-state index contributed by atoms with van der Waals surface area (Å²) in [5.41, 5.74) is 0.436. The second kappa shape index (κ2) is 6.87. The maximum absolute atomic E-state index is 12.5. The molecule has 0 amide bonds. The molecule has 0 spiro atoms. The van der Waals surface area contributed by atoms with E-state index < -0.39 is 12.1 Å². The summed E-state index contributed by atoms with van der Waals surface area (Å²) in [6, 6.07) is 1.56. The zero-order chi connectivity index (χ0) is 18.0. The van der Waals surface area contributed by atoms with Crippen LogP contribution in [0.1, 0.15) is 37.1 Å². The zero-order valence-electron chi connectivity index (χ0n) is 13.5. The Balaban J connectivity index is 1.88. The minimum absolute atomic E-state index is 0.0400. The molecule has 3 heterocycles. The molecule has 0 atom stereocenters. The second-order valence-corrected chi connectivity index (χ2v) is 5.71. The molecular formula is C15H17F3N4O3. The van der Waals surface area contributed by atoms with Gasteiger partial charge in [-0.15, -0.1) is 0 Å². The van der Waals surface area contributed by atoms with Crippen molar-refractivity contribution in [3.8, 4) is 11.8 Å². The standard InChI is InChI=1S/C15H17F3N4O3/c1-2-9-5-8-22(12(9)24-13(23)15(16,17)18)14-20-11(25-21-14)10-3-6-19-7-4-10/h5,8,10,19H,2-4,6-7H2,1H3. The maximum atomic E-state index is 12.5. The van der Waals surface area contributed by atoms with Gasteiger partial charge in [0.15, 0.2) is 0 Å². The van der Waals surface area contributed by atoms with Gasteiger partial charge >= 0.3 is 12.1 Å². The Morgan fingerprint density at radius 3 is 2.80 bits per heavy atom. The lowest BCUT2D eigenvalue weighted by Gasteiger charge is -2.18. The van der Waals surface area contributed by atoms with Gasteiger partial charge in [0.25, 0.3) is 5.95 Å². The van der Waals surface area contributed by atoms with Crippen LogP contribution in [0.15, 0.2) is 16.8 Å². The van der Waals surface area contributed by atoms with Crippen molar-refractivity contribution < 1.29 is 27.2 Å². The Morgan fingerprint density at radius 1 is 1.44 bits per heavy atom. The number of halogens is 3. The van der Waals surface area contributed by atoms with E-state index in [4.69, 9.17) is 4.52 Å². The monoisotopic (exact) mass is 358 g/mol. The van der Waals surface area contributed by atoms with Gasteiger partial charge in [-0.3, -0.25) is 4.57 Å². The van der Waals surface area contributed by atoms with Crippen LogP contribution in [0.3, 0.4) is 0 Å². The number of rotatable bonds is 4. The van der Waals surface area contributed by atoms with Gasteiger partial charge in [-0.05, 0) is 43.6 Å². The van der Waals surface area contributed by atoms with E-state index >= 15 is 0 Å². The molecule has 1 N–H and O–H groups in total. The molecule has 0 radical (unpaired) electrons. The molecule has 0 saturated carbocycles. The van der Waals surface area contributed by atoms with Crippen LogP contribution in [0.25, 0.3) is 5.95 Å². The number of ether oxygens (including phenoxy) is 1. The molecule has 1 fully saturated rings. The summed E-state index contributed by atoms with van der Waals surface area (Å²) in [5.74, 6) is -1.97. The van der Waals surface area contributed by atoms with Crippen molar-refractivity contribution in [2.75, 3.05) is 13.1 Å². The molecule has 0 aliphatic carbocycles. The molecule has 0 unspecified atom stereocenters. The van der Waals surface area contributed by atoms with Gasteiger partial charge in [0.1, 0.15) is 0 Å². The topological polar surface area (TPSA) is 82.2 Å². The molecule has 25 heavy (non-hydrogen) atoms. The molecule has 0 aromatic carbocycles. The number of hydrogen-bond donors (Lipinski definition) is 1. The third kappa shape index (κ3) is 3.68. The van der Waals surface area contributed by atoms with E-state index in [1.165, 1.54) is 10.8 Å². The van der Waals surface area contributed by atoms with Gasteiger partial charge in [0, 0.05) is 17.7 Å². The van der Waals surface area contributed by atoms with Crippen LogP contribution in [0.5, 0.6) is 5.88 Å². The van der Waals surface area contributed by atoms with Crippen LogP contribution in [-0.2, 0) is 11.2 Å². The van der Waals surface area contributed by atoms with Gasteiger partial charge in [-0.1, -0.05) is 6.92 Å². The van der Waals surface area contributed by atoms with E-state index in [1.54, 1.807) is 13.0 Å². The molecule has 2 aromatic rings. The number of esters is 1. The number of nitrogens with one attached hydrogen (secondary N) is 1. The second-order valence-electron chi connectivity index (χ2n) is 5.71. The quantitative estimate of drug-likeness (QED) is 0.845. The normalized spacial score (nSPS) is 16.2. The number of carbonyl (C=O) groups is 1. The number of carbonyl (C=O) groups excluding carboxylic acids is 1. The van der Waals surface area contributed by atoms with Gasteiger partial charge in [-0.25, -0.2) is 4.79 Å². The lowest BCUT2D eigenvalue weighted by Crippen LogP contribution is -2.29. The predicted octanol–water partition coefficient (Wildman–Crippen LogP) is 2.36. The number of aromatic nitrogens is 3. The van der Waals surface area contributed by atoms with Crippen molar-refractivity contribution in [3.63, 3.8) is 0 Å². The van der Waals surface area contributed by atoms with Crippen LogP contribution in [-0.4, -0.2) is 39.9 Å². The predicted molar refractivity (Wildman–Crippen MR) is 79.5 cm³/mol. The summed E-state index contributed by atoms with van der Waals surface area (Å²) in [4.78, 5) is 15.5. The fraction of sp³-hybridized carbons (Fsp3) is 0.533. The summed E-state index contributed by atoms with van der Waals surface area (Å²) >= 11 is 0. The van der Waals surface area contributed by atoms with Crippen molar-refractivity contribution in [1.29, 1.82) is 0 Å². The summed E-state index contributed by atoms with van der Waals surface area (Å²) in [7, 11) is 0. The third-order valence-electron chi connectivity index (χ3n) is 4.05. The Labute approximate surface area is 141 Å². The number of alkyl halides is 3. The van der Waals surface area contributed by atoms with E-state index in [1.807, 2.05) is 0 Å². The number of nitrogens with zero attached hydrogens (tertiary/aromatic N) is 3. The lowest BCUT2D eigenvalue weighted by molar-refractivity contribution is -0.190. The summed E-state index contributed by atoms with van der Waals surface area (Å²) in [6.07, 6.45) is -1.58. The lowest BCUT2D eigenvalue weighted by atomic mass is 9.98. The molecular weight excluding hydrogens is 341 g/mol. The SMILES string of the molecule is CCc1ccn(-c2noc(C3CCNCC3)n2)c1OC(=O)C(F)(F)F. The Kier molecular flexibility index (Phi) is 4.80. The maximum Gasteiger partial charge on any atom is 0.491 e. The molecule has 136 valence electrons. The van der Waals surface area contributed by atoms with Crippen molar-refractivity contribution in [2.45, 2.75) is 38.3 Å². The van der Waals surface area contributed by atoms with E-state index in [0.717, 1.165) is 25.9 Å². The fourth-order valence-corrected chi connectivity index (χ4v) is 2.70. The van der Waals surface area contributed by atoms with E-state index in [9.17, 15) is 18.0 Å². The van der Waals surface area contributed by atoms with Crippen LogP contribution in [0, 0.1) is 0 Å². The van der Waals surface area contributed by atoms with Crippen molar-refractivity contribution in [1.82, 2.24) is 20.0 Å². The first-order valence-corrected chi connectivity index (χ1v) is 7.94. The first-order valence-electron chi connectivity index (χ1n) is 7.94. The van der Waals surface area contributed by atoms with Gasteiger partial charge in [0.05, 0.1) is 0 Å². The van der Waals surface area contributed by atoms with Crippen molar-refractivity contribution in [3.05, 3.63) is 23.7 Å². The van der Waals surface area contributed by atoms with Crippen molar-refractivity contribution >= 4 is 5.97 Å². The first-order chi connectivity index (χ1) is 11.9. The van der Waals surface area contributed by atoms with E-state index in [-0.39, 0.29) is 17.7 Å². The van der Waals surface area contributed by atoms with Crippen LogP contribution < -0.4 is 10.1 Å². The zero-order valence-corrected chi connectivity index (χ0v) is 13.5. The molecule has 2 aromatic heterocycles. The summed E-state index contributed by atoms with van der Waals surface area (Å²) < 4.78 is 48.6. The summed E-state index contributed by atoms with van der Waals surface area (Å²) in [6.45, 7) is 3.40. The highest BCUT2D eigenvalue weighted by Crippen LogP contribution is 2.29. The van der Waals surface area contributed by atoms with Gasteiger partial charge < -0.3 is 14.6 Å². The minimum Gasteiger partial charge on any atom is -0.402 e. The average Bonchev–Trinajstić information content (AvgIpc) is 3.21. The number of piperidine rings is 1. The third-order valence-corrected chi connectivity index (χ3v) is 4.05. The van der Waals surface area contributed by atoms with E-state index in [2.05, 4.69) is 20.2 Å². The van der Waals surface area contributed by atoms with Crippen LogP contribution >= 0.6 is 0 Å². The smallest absolute Gasteiger partial charge is 0.402 e. The number of aryl methyl sites for hydroxylation is 1. The molecule has 1 aliphatic rings. The highest BCUT2D eigenvalue weighted by atomic mass is 19.4. The fourth-order valence-electron chi connectivity index (χ4n) is 2.70. The molecule has 7 nitrogen and oxygen atoms in total. The molecule has 10 heteroatoms. The molecule has 0 bridgehead atoms. The Bertz CT molecular complexity index is 748. The van der Waals surface area contributed by atoms with Crippen LogP contribution in [0.4, 0.5) is 13.2 Å². The molecule has 3 rings (SSSR count). The Morgan fingerprint density at radius 2 is 2.16 bits per heavy atom. The van der Waals surface area contributed by atoms with Crippen LogP contribution in [0.2, 0.25) is 0 Å². The summed E-state index contributed by atoms with van der Waals surface area (Å²) in [5, 5.41) is 7.04. The van der Waals surface area contributed by atoms with E-state index in [0.29, 0.717) is 17.9 Å². The largest absolute Gasteiger partial charge is 0.491 e. The average molecular weight is 358 g/mol. The van der Waals surface area contributed by atoms with Gasteiger partial charge in [-0.2, -0.15) is 18.2 Å². The van der Waals surface area contributed by atoms with Crippen molar-refractivity contribution in [2.24, 2.45) is 0 Å².